The Balaban J connectivity index is 0.790. The molecule has 0 saturated heterocycles. The summed E-state index contributed by atoms with van der Waals surface area (Å²) in [7, 11) is 0. The van der Waals surface area contributed by atoms with Crippen LogP contribution < -0.4 is 0 Å². The van der Waals surface area contributed by atoms with Gasteiger partial charge in [0.05, 0.1) is 38.8 Å². The number of aromatic nitrogens is 8. The van der Waals surface area contributed by atoms with Crippen LogP contribution in [0.4, 0.5) is 0 Å². The molecule has 6 heterocycles. The van der Waals surface area contributed by atoms with Crippen molar-refractivity contribution in [3.05, 3.63) is 425 Å². The molecule has 8 heteroatoms. The minimum absolute atomic E-state index is 0.694. The van der Waals surface area contributed by atoms with E-state index < -0.39 is 0 Å². The summed E-state index contributed by atoms with van der Waals surface area (Å²) in [5.41, 5.74) is 37.8. The Morgan fingerprint density at radius 1 is 0.181 bits per heavy atom. The number of benzene rings is 16. The van der Waals surface area contributed by atoms with Gasteiger partial charge in [-0.05, 0) is 212 Å². The van der Waals surface area contributed by atoms with Crippen molar-refractivity contribution < 1.29 is 0 Å². The number of nitrogens with zero attached hydrogens (tertiary/aromatic N) is 8. The van der Waals surface area contributed by atoms with E-state index in [4.69, 9.17) is 19.9 Å². The van der Waals surface area contributed by atoms with Crippen molar-refractivity contribution in [2.24, 2.45) is 0 Å². The first-order valence-corrected chi connectivity index (χ1v) is 39.4. The van der Waals surface area contributed by atoms with E-state index in [0.717, 1.165) is 206 Å². The third-order valence-electron chi connectivity index (χ3n) is 22.9. The lowest BCUT2D eigenvalue weighted by Crippen LogP contribution is -2.03. The van der Waals surface area contributed by atoms with Gasteiger partial charge in [0.1, 0.15) is 0 Å². The van der Waals surface area contributed by atoms with Crippen molar-refractivity contribution in [2.45, 2.75) is 0 Å². The summed E-state index contributed by atoms with van der Waals surface area (Å²) < 4.78 is 9.10. The van der Waals surface area contributed by atoms with E-state index in [1.54, 1.807) is 0 Å². The molecule has 0 spiro atoms. The van der Waals surface area contributed by atoms with Gasteiger partial charge < -0.3 is 0 Å². The number of hydrogen-bond donors (Lipinski definition) is 0. The van der Waals surface area contributed by atoms with Crippen LogP contribution in [0.15, 0.2) is 425 Å². The van der Waals surface area contributed by atoms with Crippen molar-refractivity contribution in [3.8, 4) is 156 Å². The van der Waals surface area contributed by atoms with Gasteiger partial charge in [-0.2, -0.15) is 4.98 Å². The smallest absolute Gasteiger partial charge is 0.222 e. The summed E-state index contributed by atoms with van der Waals surface area (Å²) in [5, 5.41) is 0. The minimum atomic E-state index is 0.694. The lowest BCUT2D eigenvalue weighted by atomic mass is 9.74. The molecule has 22 rings (SSSR count). The number of fused-ring (bicyclic) bond motifs is 10. The molecular weight excluding hydrogens is 1410 g/mol. The molecule has 0 amide bonds. The molecule has 6 aromatic heterocycles. The molecule has 0 bridgehead atoms. The molecule has 116 heavy (non-hydrogen) atoms. The van der Waals surface area contributed by atoms with Crippen LogP contribution in [0, 0.1) is 0 Å². The summed E-state index contributed by atoms with van der Waals surface area (Å²) in [4.78, 5) is 21.3. The topological polar surface area (TPSA) is 70.2 Å². The first-order chi connectivity index (χ1) is 57.6. The van der Waals surface area contributed by atoms with E-state index in [2.05, 4.69) is 431 Å². The number of hydrogen-bond acceptors (Lipinski definition) is 4. The molecule has 0 saturated carbocycles. The highest BCUT2D eigenvalue weighted by Gasteiger charge is 2.33. The molecule has 0 aliphatic heterocycles. The highest BCUT2D eigenvalue weighted by Crippen LogP contribution is 2.59. The van der Waals surface area contributed by atoms with Crippen LogP contribution in [0.5, 0.6) is 0 Å². The fourth-order valence-electron chi connectivity index (χ4n) is 18.0. The summed E-state index contributed by atoms with van der Waals surface area (Å²) in [6, 6.07) is 150. The van der Waals surface area contributed by atoms with Crippen molar-refractivity contribution in [2.75, 3.05) is 0 Å². The largest absolute Gasteiger partial charge is 0.278 e. The summed E-state index contributed by atoms with van der Waals surface area (Å²) in [5.74, 6) is 1.55. The average Bonchev–Trinajstić information content (AvgIpc) is 0.950. The fourth-order valence-corrected chi connectivity index (χ4v) is 18.0. The first-order valence-electron chi connectivity index (χ1n) is 39.4. The zero-order valence-corrected chi connectivity index (χ0v) is 63.0. The Bertz CT molecular complexity index is 7400. The maximum absolute atomic E-state index is 5.69. The van der Waals surface area contributed by atoms with E-state index in [-0.39, 0.29) is 0 Å². The van der Waals surface area contributed by atoms with E-state index in [0.29, 0.717) is 5.65 Å². The number of imidazole rings is 4. The monoisotopic (exact) mass is 1480 g/mol. The molecule has 0 aliphatic rings. The third kappa shape index (κ3) is 11.2. The van der Waals surface area contributed by atoms with Gasteiger partial charge in [0, 0.05) is 23.6 Å². The molecule has 0 N–H and O–H groups in total. The molecule has 22 aromatic rings. The number of para-hydroxylation sites is 4. The zero-order valence-electron chi connectivity index (χ0n) is 63.0. The minimum Gasteiger partial charge on any atom is -0.278 e. The standard InChI is InChI=1S/C108H70N8/c1-10-36-71(37-11-1)93-94(72-38-12-2-13-39-72)98(76-46-20-6-21-47-76)103(99(77-48-22-7-23-49-77)95(93)73-40-14-3-15-41-73)83-57-34-59-86(68-83)114-106-92(115-88-61-29-28-60-87(88)111-107(114)115)69-84(70-110-106)80-54-32-55-81(66-80)102-97(75-44-18-5-19-45-75)96(74-42-16-4-17-43-74)100(78-50-24-8-25-51-78)104(101(102)79-52-26-9-27-53-79)82-56-33-58-85(67-82)113-89-62-30-31-63-90(89)116-91-64-35-65-109-105(91)112-108(113)116/h1-70H. The van der Waals surface area contributed by atoms with Gasteiger partial charge in [-0.3, -0.25) is 17.9 Å². The second kappa shape index (κ2) is 28.3. The van der Waals surface area contributed by atoms with Gasteiger partial charge in [0.2, 0.25) is 11.6 Å². The fraction of sp³-hybridized carbons (Fsp3) is 0. The molecule has 0 radical (unpaired) electrons. The van der Waals surface area contributed by atoms with E-state index in [1.807, 2.05) is 12.3 Å². The maximum atomic E-state index is 5.69. The Labute approximate surface area is 670 Å². The molecule has 0 aliphatic carbocycles. The SMILES string of the molecule is c1ccc(-c2c(-c3ccccc3)c(-c3ccccc3)c(-c3cccc(-n4c5ncc(-c6cccc(-c7c(-c8ccccc8)c(-c8ccccc8)c(-c8ccccc8)c(-c8cccc(-n9c%10ccccc%10n%10c%11cccnc%11nc9%10)c8)c7-c7ccccc7)c6)cc5n5c6ccccc6nc45)c3)c(-c3ccccc3)c2-c2ccccc2)cc1. The summed E-state index contributed by atoms with van der Waals surface area (Å²) in [6.07, 6.45) is 3.88. The van der Waals surface area contributed by atoms with E-state index in [9.17, 15) is 0 Å². The predicted molar refractivity (Wildman–Crippen MR) is 479 cm³/mol. The number of pyridine rings is 2. The highest BCUT2D eigenvalue weighted by atomic mass is 15.2. The van der Waals surface area contributed by atoms with Crippen LogP contribution in [-0.2, 0) is 0 Å². The maximum Gasteiger partial charge on any atom is 0.222 e. The van der Waals surface area contributed by atoms with Gasteiger partial charge in [0.15, 0.2) is 11.3 Å². The Morgan fingerprint density at radius 3 is 0.897 bits per heavy atom. The Morgan fingerprint density at radius 2 is 0.483 bits per heavy atom. The quantitative estimate of drug-likeness (QED) is 0.103. The van der Waals surface area contributed by atoms with E-state index in [1.165, 1.54) is 0 Å². The second-order valence-electron chi connectivity index (χ2n) is 29.5. The lowest BCUT2D eigenvalue weighted by molar-refractivity contribution is 1.09. The molecule has 0 unspecified atom stereocenters. The van der Waals surface area contributed by atoms with Crippen LogP contribution in [0.3, 0.4) is 0 Å². The van der Waals surface area contributed by atoms with Crippen molar-refractivity contribution in [1.29, 1.82) is 0 Å². The number of rotatable bonds is 15. The molecule has 8 nitrogen and oxygen atoms in total. The molecule has 542 valence electrons. The molecule has 0 atom stereocenters. The van der Waals surface area contributed by atoms with Gasteiger partial charge in [-0.25, -0.2) is 15.0 Å². The molecular formula is C108H70N8. The second-order valence-corrected chi connectivity index (χ2v) is 29.5. The van der Waals surface area contributed by atoms with Crippen molar-refractivity contribution in [1.82, 2.24) is 37.9 Å². The van der Waals surface area contributed by atoms with Gasteiger partial charge in [-0.15, -0.1) is 0 Å². The third-order valence-corrected chi connectivity index (χ3v) is 22.9. The van der Waals surface area contributed by atoms with Crippen LogP contribution in [0.2, 0.25) is 0 Å². The molecule has 0 fully saturated rings. The zero-order chi connectivity index (χ0) is 76.6. The van der Waals surface area contributed by atoms with Crippen LogP contribution in [-0.4, -0.2) is 37.9 Å². The molecule has 16 aromatic carbocycles. The van der Waals surface area contributed by atoms with Crippen molar-refractivity contribution >= 4 is 55.9 Å². The first kappa shape index (κ1) is 67.3. The van der Waals surface area contributed by atoms with Crippen LogP contribution in [0.1, 0.15) is 0 Å². The summed E-state index contributed by atoms with van der Waals surface area (Å²) >= 11 is 0. The highest BCUT2D eigenvalue weighted by molar-refractivity contribution is 6.18. The van der Waals surface area contributed by atoms with E-state index >= 15 is 0 Å². The normalized spacial score (nSPS) is 11.6. The van der Waals surface area contributed by atoms with Crippen molar-refractivity contribution in [3.63, 3.8) is 0 Å². The Kier molecular flexibility index (Phi) is 16.4. The Hall–Kier alpha value is -15.6. The van der Waals surface area contributed by atoms with Gasteiger partial charge >= 0.3 is 0 Å². The predicted octanol–water partition coefficient (Wildman–Crippen LogP) is 27.6. The van der Waals surface area contributed by atoms with Crippen LogP contribution >= 0.6 is 0 Å². The lowest BCUT2D eigenvalue weighted by Gasteiger charge is -2.29. The van der Waals surface area contributed by atoms with Crippen LogP contribution in [0.25, 0.3) is 212 Å². The summed E-state index contributed by atoms with van der Waals surface area (Å²) in [6.45, 7) is 0. The van der Waals surface area contributed by atoms with Gasteiger partial charge in [-0.1, -0.05) is 340 Å². The average molecular weight is 1480 g/mol. The van der Waals surface area contributed by atoms with Gasteiger partial charge in [0.25, 0.3) is 0 Å².